The summed E-state index contributed by atoms with van der Waals surface area (Å²) in [6.45, 7) is 29.3. The zero-order chi connectivity index (χ0) is 31.8. The van der Waals surface area contributed by atoms with E-state index in [0.29, 0.717) is 11.5 Å². The number of benzene rings is 2. The molecule has 0 saturated carbocycles. The molecule has 2 aromatic rings. The van der Waals surface area contributed by atoms with Gasteiger partial charge < -0.3 is 19.3 Å². The first-order chi connectivity index (χ1) is 18.5. The fraction of sp³-hybridized carbons (Fsp3) is 0.647. The lowest BCUT2D eigenvalue weighted by Gasteiger charge is -2.33. The van der Waals surface area contributed by atoms with Crippen LogP contribution in [0.4, 0.5) is 0 Å². The van der Waals surface area contributed by atoms with Gasteiger partial charge in [0.2, 0.25) is 0 Å². The van der Waals surface area contributed by atoms with Crippen LogP contribution in [0.3, 0.4) is 0 Å². The Kier molecular flexibility index (Phi) is 10.7. The molecule has 0 aliphatic heterocycles. The second-order valence-electron chi connectivity index (χ2n) is 15.2. The fourth-order valence-corrected chi connectivity index (χ4v) is 6.54. The maximum Gasteiger partial charge on any atom is 0.344 e. The van der Waals surface area contributed by atoms with Crippen LogP contribution in [0, 0.1) is 0 Å². The van der Waals surface area contributed by atoms with E-state index < -0.39 is 13.6 Å². The number of phenolic OH excluding ortho intramolecular Hbond substituents is 2. The van der Waals surface area contributed by atoms with Crippen molar-refractivity contribution in [2.24, 2.45) is 0 Å². The monoisotopic (exact) mass is 589 g/mol. The smallest absolute Gasteiger partial charge is 0.344 e. The molecule has 0 bridgehead atoms. The van der Waals surface area contributed by atoms with Gasteiger partial charge in [-0.15, -0.1) is 0 Å². The van der Waals surface area contributed by atoms with Crippen LogP contribution in [0.2, 0.25) is 0 Å². The fourth-order valence-electron chi connectivity index (χ4n) is 5.09. The topological polar surface area (TPSA) is 88.0 Å². The van der Waals surface area contributed by atoms with Crippen LogP contribution in [-0.2, 0) is 35.3 Å². The van der Waals surface area contributed by atoms with E-state index in [-0.39, 0.29) is 41.2 Å². The third kappa shape index (κ3) is 8.60. The Balaban J connectivity index is 3.00. The van der Waals surface area contributed by atoms with Gasteiger partial charge in [-0.2, -0.15) is 0 Å². The molecule has 41 heavy (non-hydrogen) atoms. The lowest BCUT2D eigenvalue weighted by Crippen LogP contribution is -2.28. The molecule has 0 saturated heterocycles. The number of rotatable bonds is 9. The standard InChI is InChI=1S/C34H56NO5P/c1-15-39-41(38,40-16-2)21-35-28(22-17-24(31(3,4)5)29(36)25(18-22)32(6,7)8)23-19-26(33(9,10)11)30(37)27(20-23)34(12,13)14/h17-20,28,35-37H,15-16,21H2,1-14H3. The van der Waals surface area contributed by atoms with Gasteiger partial charge in [0.25, 0.3) is 0 Å². The van der Waals surface area contributed by atoms with E-state index in [4.69, 9.17) is 9.05 Å². The van der Waals surface area contributed by atoms with Gasteiger partial charge in [0.15, 0.2) is 0 Å². The molecule has 0 aromatic heterocycles. The van der Waals surface area contributed by atoms with Crippen LogP contribution >= 0.6 is 7.60 Å². The third-order valence-corrected chi connectivity index (χ3v) is 9.18. The SMILES string of the molecule is CCOP(=O)(CNC(c1cc(C(C)(C)C)c(O)c(C(C)(C)C)c1)c1cc(C(C)(C)C)c(O)c(C(C)(C)C)c1)OCC. The van der Waals surface area contributed by atoms with Crippen molar-refractivity contribution in [3.63, 3.8) is 0 Å². The number of nitrogens with one attached hydrogen (secondary N) is 1. The van der Waals surface area contributed by atoms with Crippen LogP contribution in [0.5, 0.6) is 11.5 Å². The molecular formula is C34H56NO5P. The van der Waals surface area contributed by atoms with E-state index in [1.54, 1.807) is 13.8 Å². The molecule has 0 unspecified atom stereocenters. The number of hydrogen-bond donors (Lipinski definition) is 3. The second kappa shape index (κ2) is 12.4. The predicted molar refractivity (Wildman–Crippen MR) is 172 cm³/mol. The molecule has 232 valence electrons. The lowest BCUT2D eigenvalue weighted by molar-refractivity contribution is 0.217. The van der Waals surface area contributed by atoms with Crippen molar-refractivity contribution in [1.29, 1.82) is 0 Å². The van der Waals surface area contributed by atoms with E-state index in [0.717, 1.165) is 33.4 Å². The summed E-state index contributed by atoms with van der Waals surface area (Å²) in [5.74, 6) is 0.608. The zero-order valence-corrected chi connectivity index (χ0v) is 29.0. The van der Waals surface area contributed by atoms with Crippen molar-refractivity contribution >= 4 is 7.60 Å². The molecule has 0 radical (unpaired) electrons. The Morgan fingerprint density at radius 1 is 0.634 bits per heavy atom. The van der Waals surface area contributed by atoms with Gasteiger partial charge in [-0.05, 0) is 93.2 Å². The Hall–Kier alpha value is -1.85. The van der Waals surface area contributed by atoms with Crippen molar-refractivity contribution in [3.05, 3.63) is 57.6 Å². The largest absolute Gasteiger partial charge is 0.507 e. The van der Waals surface area contributed by atoms with Gasteiger partial charge in [0, 0.05) is 0 Å². The summed E-state index contributed by atoms with van der Waals surface area (Å²) < 4.78 is 24.9. The minimum Gasteiger partial charge on any atom is -0.507 e. The van der Waals surface area contributed by atoms with Gasteiger partial charge >= 0.3 is 7.60 Å². The molecule has 6 nitrogen and oxygen atoms in total. The van der Waals surface area contributed by atoms with Crippen LogP contribution in [0.15, 0.2) is 24.3 Å². The van der Waals surface area contributed by atoms with Crippen LogP contribution in [-0.4, -0.2) is 29.7 Å². The third-order valence-electron chi connectivity index (χ3n) is 7.30. The lowest BCUT2D eigenvalue weighted by atomic mass is 9.75. The summed E-state index contributed by atoms with van der Waals surface area (Å²) in [6.07, 6.45) is 0.00645. The zero-order valence-electron chi connectivity index (χ0n) is 28.1. The van der Waals surface area contributed by atoms with Gasteiger partial charge in [0.05, 0.1) is 25.5 Å². The Morgan fingerprint density at radius 3 is 1.12 bits per heavy atom. The summed E-state index contributed by atoms with van der Waals surface area (Å²) in [6, 6.07) is 7.78. The number of hydrogen-bond acceptors (Lipinski definition) is 6. The molecule has 0 amide bonds. The van der Waals surface area contributed by atoms with E-state index in [9.17, 15) is 14.8 Å². The molecule has 2 aromatic carbocycles. The highest BCUT2D eigenvalue weighted by Gasteiger charge is 2.33. The number of phenols is 2. The summed E-state index contributed by atoms with van der Waals surface area (Å²) in [5, 5.41) is 26.4. The average molecular weight is 590 g/mol. The minimum atomic E-state index is -3.42. The minimum absolute atomic E-state index is 0.00645. The summed E-state index contributed by atoms with van der Waals surface area (Å²) >= 11 is 0. The van der Waals surface area contributed by atoms with Gasteiger partial charge in [-0.1, -0.05) is 83.1 Å². The molecule has 7 heteroatoms. The molecule has 0 aliphatic carbocycles. The average Bonchev–Trinajstić information content (AvgIpc) is 2.77. The van der Waals surface area contributed by atoms with Crippen molar-refractivity contribution in [3.8, 4) is 11.5 Å². The summed E-state index contributed by atoms with van der Waals surface area (Å²) in [5.41, 5.74) is 3.95. The second-order valence-corrected chi connectivity index (χ2v) is 17.2. The van der Waals surface area contributed by atoms with Crippen LogP contribution < -0.4 is 5.32 Å². The van der Waals surface area contributed by atoms with Gasteiger partial charge in [-0.25, -0.2) is 0 Å². The molecular weight excluding hydrogens is 533 g/mol. The van der Waals surface area contributed by atoms with E-state index in [1.807, 2.05) is 0 Å². The van der Waals surface area contributed by atoms with Crippen molar-refractivity contribution in [2.45, 2.75) is 125 Å². The molecule has 0 spiro atoms. The highest BCUT2D eigenvalue weighted by atomic mass is 31.2. The highest BCUT2D eigenvalue weighted by Crippen LogP contribution is 2.49. The summed E-state index contributed by atoms with van der Waals surface area (Å²) in [4.78, 5) is 0. The highest BCUT2D eigenvalue weighted by molar-refractivity contribution is 7.53. The molecule has 3 N–H and O–H groups in total. The van der Waals surface area contributed by atoms with Crippen LogP contribution in [0.25, 0.3) is 0 Å². The Labute approximate surface area is 249 Å². The van der Waals surface area contributed by atoms with E-state index in [2.05, 4.69) is 113 Å². The first-order valence-electron chi connectivity index (χ1n) is 14.8. The Bertz CT molecular complexity index is 1090. The van der Waals surface area contributed by atoms with Crippen LogP contribution in [0.1, 0.15) is 136 Å². The Morgan fingerprint density at radius 2 is 0.902 bits per heavy atom. The van der Waals surface area contributed by atoms with E-state index >= 15 is 0 Å². The molecule has 0 heterocycles. The first-order valence-corrected chi connectivity index (χ1v) is 16.6. The van der Waals surface area contributed by atoms with Gasteiger partial charge in [0.1, 0.15) is 11.5 Å². The molecule has 2 rings (SSSR count). The first kappa shape index (κ1) is 35.3. The quantitative estimate of drug-likeness (QED) is 0.253. The normalized spacial score (nSPS) is 13.7. The van der Waals surface area contributed by atoms with Gasteiger partial charge in [-0.3, -0.25) is 9.88 Å². The maximum absolute atomic E-state index is 13.6. The molecule has 0 aliphatic rings. The van der Waals surface area contributed by atoms with Crippen molar-refractivity contribution in [2.75, 3.05) is 19.5 Å². The van der Waals surface area contributed by atoms with Crippen molar-refractivity contribution in [1.82, 2.24) is 5.32 Å². The van der Waals surface area contributed by atoms with E-state index in [1.165, 1.54) is 0 Å². The van der Waals surface area contributed by atoms with Crippen molar-refractivity contribution < 1.29 is 23.8 Å². The summed E-state index contributed by atoms with van der Waals surface area (Å²) in [7, 11) is -3.42. The number of aromatic hydroxyl groups is 2. The predicted octanol–water partition coefficient (Wildman–Crippen LogP) is 9.19. The maximum atomic E-state index is 13.6. The molecule has 0 atom stereocenters. The molecule has 0 fully saturated rings.